The largest absolute Gasteiger partial charge is 0.388 e. The maximum absolute atomic E-state index is 12.4. The van der Waals surface area contributed by atoms with Gasteiger partial charge >= 0.3 is 0 Å². The molecule has 3 aliphatic carbocycles. The van der Waals surface area contributed by atoms with Crippen LogP contribution in [-0.2, 0) is 4.79 Å². The van der Waals surface area contributed by atoms with E-state index in [1.54, 1.807) is 19.0 Å². The molecule has 2 aromatic rings. The number of aliphatic hydroxyl groups is 1. The monoisotopic (exact) mass is 319 g/mol. The average Bonchev–Trinajstić information content (AvgIpc) is 3.33. The van der Waals surface area contributed by atoms with E-state index in [1.165, 1.54) is 22.3 Å². The van der Waals surface area contributed by atoms with E-state index in [0.717, 1.165) is 0 Å². The molecule has 0 aromatic heterocycles. The quantitative estimate of drug-likeness (QED) is 0.925. The van der Waals surface area contributed by atoms with Gasteiger partial charge in [0.1, 0.15) is 0 Å². The van der Waals surface area contributed by atoms with Gasteiger partial charge in [-0.25, -0.2) is 0 Å². The first-order valence-corrected chi connectivity index (χ1v) is 8.64. The molecule has 2 bridgehead atoms. The third-order valence-electron chi connectivity index (χ3n) is 6.36. The zero-order valence-electron chi connectivity index (χ0n) is 13.9. The topological polar surface area (TPSA) is 40.5 Å². The van der Waals surface area contributed by atoms with Crippen molar-refractivity contribution in [3.8, 4) is 0 Å². The molecule has 3 atom stereocenters. The van der Waals surface area contributed by atoms with Crippen LogP contribution in [0.3, 0.4) is 0 Å². The minimum atomic E-state index is -0.973. The standard InChI is InChI=1S/C21H21NO2/c1-22(2)16(23)11-21(24)19-14-9-5-3-7-12(14)17-18(20(17)21)13-8-4-6-10-15(13)19/h3-10,17-20,24H,11H2,1-2H3. The highest BCUT2D eigenvalue weighted by molar-refractivity contribution is 5.78. The van der Waals surface area contributed by atoms with Crippen LogP contribution in [0.15, 0.2) is 48.5 Å². The summed E-state index contributed by atoms with van der Waals surface area (Å²) in [5, 5.41) is 11.7. The van der Waals surface area contributed by atoms with E-state index in [9.17, 15) is 9.90 Å². The van der Waals surface area contributed by atoms with Gasteiger partial charge in [-0.05, 0) is 34.1 Å². The van der Waals surface area contributed by atoms with Crippen molar-refractivity contribution < 1.29 is 9.90 Å². The molecule has 24 heavy (non-hydrogen) atoms. The van der Waals surface area contributed by atoms with Gasteiger partial charge in [-0.15, -0.1) is 0 Å². The van der Waals surface area contributed by atoms with Crippen molar-refractivity contribution in [3.05, 3.63) is 70.8 Å². The van der Waals surface area contributed by atoms with Gasteiger partial charge in [-0.3, -0.25) is 4.79 Å². The lowest BCUT2D eigenvalue weighted by Crippen LogP contribution is -2.48. The van der Waals surface area contributed by atoms with Crippen LogP contribution in [0.1, 0.15) is 46.4 Å². The van der Waals surface area contributed by atoms with Gasteiger partial charge in [0, 0.05) is 25.9 Å². The number of carbonyl (C=O) groups excluding carboxylic acids is 1. The lowest BCUT2D eigenvalue weighted by molar-refractivity contribution is -0.136. The molecule has 2 aromatic carbocycles. The van der Waals surface area contributed by atoms with Crippen LogP contribution in [0.2, 0.25) is 0 Å². The number of rotatable bonds is 2. The zero-order valence-corrected chi connectivity index (χ0v) is 13.9. The summed E-state index contributed by atoms with van der Waals surface area (Å²) in [6.45, 7) is 0. The first-order valence-electron chi connectivity index (χ1n) is 8.64. The summed E-state index contributed by atoms with van der Waals surface area (Å²) in [5.41, 5.74) is 4.19. The van der Waals surface area contributed by atoms with Crippen molar-refractivity contribution >= 4 is 5.91 Å². The van der Waals surface area contributed by atoms with Crippen LogP contribution in [0.5, 0.6) is 0 Å². The lowest BCUT2D eigenvalue weighted by Gasteiger charge is -2.44. The van der Waals surface area contributed by atoms with Crippen LogP contribution >= 0.6 is 0 Å². The maximum Gasteiger partial charge on any atom is 0.224 e. The molecule has 0 heterocycles. The van der Waals surface area contributed by atoms with Crippen LogP contribution in [0.25, 0.3) is 0 Å². The van der Waals surface area contributed by atoms with Crippen LogP contribution in [0.4, 0.5) is 0 Å². The van der Waals surface area contributed by atoms with Crippen molar-refractivity contribution in [2.24, 2.45) is 5.92 Å². The number of amides is 1. The van der Waals surface area contributed by atoms with Gasteiger partial charge in [-0.2, -0.15) is 0 Å². The lowest BCUT2D eigenvalue weighted by atomic mass is 9.64. The Morgan fingerprint density at radius 3 is 1.88 bits per heavy atom. The molecule has 3 aliphatic rings. The second-order valence-corrected chi connectivity index (χ2v) is 7.72. The predicted octanol–water partition coefficient (Wildman–Crippen LogP) is 2.85. The van der Waals surface area contributed by atoms with Crippen molar-refractivity contribution in [1.29, 1.82) is 0 Å². The van der Waals surface area contributed by atoms with Gasteiger partial charge in [0.2, 0.25) is 5.91 Å². The van der Waals surface area contributed by atoms with Crippen molar-refractivity contribution in [2.75, 3.05) is 14.1 Å². The third kappa shape index (κ3) is 1.58. The molecular weight excluding hydrogens is 298 g/mol. The smallest absolute Gasteiger partial charge is 0.224 e. The summed E-state index contributed by atoms with van der Waals surface area (Å²) in [7, 11) is 3.53. The van der Waals surface area contributed by atoms with Crippen LogP contribution in [0, 0.1) is 5.92 Å². The van der Waals surface area contributed by atoms with Crippen molar-refractivity contribution in [2.45, 2.75) is 29.8 Å². The molecule has 1 N–H and O–H groups in total. The predicted molar refractivity (Wildman–Crippen MR) is 92.0 cm³/mol. The molecule has 5 rings (SSSR count). The number of nitrogens with zero attached hydrogens (tertiary/aromatic N) is 1. The highest BCUT2D eigenvalue weighted by atomic mass is 16.3. The molecule has 3 nitrogen and oxygen atoms in total. The molecule has 3 unspecified atom stereocenters. The Kier molecular flexibility index (Phi) is 2.66. The van der Waals surface area contributed by atoms with Crippen molar-refractivity contribution in [3.63, 3.8) is 0 Å². The molecule has 122 valence electrons. The highest BCUT2D eigenvalue weighted by Crippen LogP contribution is 2.76. The molecule has 0 saturated heterocycles. The SMILES string of the molecule is CN(C)C(=O)CC1(O)C2c3ccccc3C3C(c4ccccc42)C31. The first kappa shape index (κ1) is 14.2. The van der Waals surface area contributed by atoms with E-state index in [-0.39, 0.29) is 24.2 Å². The second kappa shape index (κ2) is 4.48. The summed E-state index contributed by atoms with van der Waals surface area (Å²) in [5.74, 6) is 0.762. The van der Waals surface area contributed by atoms with Crippen LogP contribution in [-0.4, -0.2) is 35.6 Å². The molecular formula is C21H21NO2. The second-order valence-electron chi connectivity index (χ2n) is 7.72. The number of hydrogen-bond donors (Lipinski definition) is 1. The average molecular weight is 319 g/mol. The Morgan fingerprint density at radius 2 is 1.42 bits per heavy atom. The van der Waals surface area contributed by atoms with Gasteiger partial charge < -0.3 is 10.0 Å². The molecule has 1 saturated carbocycles. The summed E-state index contributed by atoms with van der Waals surface area (Å²) in [6.07, 6.45) is 0.199. The molecule has 3 heteroatoms. The molecule has 1 fully saturated rings. The fraction of sp³-hybridized carbons (Fsp3) is 0.381. The molecule has 1 amide bonds. The highest BCUT2D eigenvalue weighted by Gasteiger charge is 2.71. The Morgan fingerprint density at radius 1 is 0.958 bits per heavy atom. The zero-order chi connectivity index (χ0) is 16.6. The normalized spacial score (nSPS) is 34.1. The van der Waals surface area contributed by atoms with Crippen molar-refractivity contribution in [1.82, 2.24) is 4.90 Å². The summed E-state index contributed by atoms with van der Waals surface area (Å²) < 4.78 is 0. The Bertz CT molecular complexity index is 805. The van der Waals surface area contributed by atoms with E-state index in [4.69, 9.17) is 0 Å². The Hall–Kier alpha value is -2.13. The molecule has 0 aliphatic heterocycles. The van der Waals surface area contributed by atoms with Gasteiger partial charge in [-0.1, -0.05) is 48.5 Å². The molecule has 0 radical (unpaired) electrons. The van der Waals surface area contributed by atoms with E-state index >= 15 is 0 Å². The number of carbonyl (C=O) groups is 1. The number of benzene rings is 2. The maximum atomic E-state index is 12.4. The summed E-state index contributed by atoms with van der Waals surface area (Å²) >= 11 is 0. The fourth-order valence-electron chi connectivity index (χ4n) is 5.38. The van der Waals surface area contributed by atoms with E-state index in [2.05, 4.69) is 36.4 Å². The van der Waals surface area contributed by atoms with Gasteiger partial charge in [0.15, 0.2) is 0 Å². The molecule has 0 spiro atoms. The number of hydrogen-bond acceptors (Lipinski definition) is 2. The third-order valence-corrected chi connectivity index (χ3v) is 6.36. The minimum absolute atomic E-state index is 0.00524. The minimum Gasteiger partial charge on any atom is -0.388 e. The van der Waals surface area contributed by atoms with E-state index in [1.807, 2.05) is 12.1 Å². The van der Waals surface area contributed by atoms with E-state index < -0.39 is 5.60 Å². The Balaban J connectivity index is 1.73. The van der Waals surface area contributed by atoms with Crippen LogP contribution < -0.4 is 0 Å². The van der Waals surface area contributed by atoms with Gasteiger partial charge in [0.25, 0.3) is 0 Å². The summed E-state index contributed by atoms with van der Waals surface area (Å²) in [4.78, 5) is 14.0. The first-order chi connectivity index (χ1) is 11.5. The summed E-state index contributed by atoms with van der Waals surface area (Å²) in [6, 6.07) is 17.0. The van der Waals surface area contributed by atoms with E-state index in [0.29, 0.717) is 11.8 Å². The fourth-order valence-corrected chi connectivity index (χ4v) is 5.38. The number of fused-ring (bicyclic) bond motifs is 8. The van der Waals surface area contributed by atoms with Gasteiger partial charge in [0.05, 0.1) is 12.0 Å². The Labute approximate surface area is 141 Å².